The smallest absolute Gasteiger partial charge is 0.284 e. The highest BCUT2D eigenvalue weighted by atomic mass is 32.2. The first kappa shape index (κ1) is 23.9. The van der Waals surface area contributed by atoms with Crippen molar-refractivity contribution in [1.82, 2.24) is 19.5 Å². The molecule has 0 radical (unpaired) electrons. The average Bonchev–Trinajstić information content (AvgIpc) is 3.12. The molecule has 0 aliphatic carbocycles. The first-order valence-electron chi connectivity index (χ1n) is 10.1. The number of carbonyl (C=O) groups is 2. The molecule has 0 unspecified atom stereocenters. The first-order chi connectivity index (χ1) is 15.6. The SMILES string of the molecule is CCCCC(=O)NS(=O)(=O)c1ccc(Nc2nc(N)n(C(=O)c3c(C)cccc3F)n2)cc1. The van der Waals surface area contributed by atoms with Gasteiger partial charge in [0.15, 0.2) is 0 Å². The molecule has 0 aliphatic heterocycles. The number of carbonyl (C=O) groups excluding carboxylic acids is 2. The number of aryl methyl sites for hydroxylation is 1. The summed E-state index contributed by atoms with van der Waals surface area (Å²) in [5, 5.41) is 6.78. The second-order valence-corrected chi connectivity index (χ2v) is 8.91. The minimum absolute atomic E-state index is 0.0432. The van der Waals surface area contributed by atoms with Crippen molar-refractivity contribution < 1.29 is 22.4 Å². The minimum atomic E-state index is -4.00. The number of unbranched alkanes of at least 4 members (excludes halogenated alkanes) is 1. The van der Waals surface area contributed by atoms with E-state index >= 15 is 0 Å². The Morgan fingerprint density at radius 3 is 2.48 bits per heavy atom. The Labute approximate surface area is 190 Å². The van der Waals surface area contributed by atoms with Crippen molar-refractivity contribution >= 4 is 39.4 Å². The summed E-state index contributed by atoms with van der Waals surface area (Å²) in [7, 11) is -4.00. The zero-order valence-corrected chi connectivity index (χ0v) is 18.8. The van der Waals surface area contributed by atoms with Gasteiger partial charge in [0.05, 0.1) is 10.5 Å². The van der Waals surface area contributed by atoms with Crippen LogP contribution in [0.25, 0.3) is 0 Å². The number of hydrogen-bond donors (Lipinski definition) is 3. The number of amides is 1. The van der Waals surface area contributed by atoms with Crippen LogP contribution in [0.15, 0.2) is 47.4 Å². The van der Waals surface area contributed by atoms with E-state index in [-0.39, 0.29) is 28.8 Å². The predicted molar refractivity (Wildman–Crippen MR) is 120 cm³/mol. The zero-order chi connectivity index (χ0) is 24.2. The van der Waals surface area contributed by atoms with E-state index in [1.54, 1.807) is 13.0 Å². The molecule has 12 heteroatoms. The van der Waals surface area contributed by atoms with Crippen LogP contribution in [0.1, 0.15) is 42.1 Å². The molecule has 1 heterocycles. The molecule has 2 aromatic carbocycles. The molecule has 0 atom stereocenters. The number of nitrogens with one attached hydrogen (secondary N) is 2. The maximum Gasteiger partial charge on any atom is 0.284 e. The molecule has 33 heavy (non-hydrogen) atoms. The van der Waals surface area contributed by atoms with Gasteiger partial charge in [-0.3, -0.25) is 9.59 Å². The third-order valence-corrected chi connectivity index (χ3v) is 6.08. The topological polar surface area (TPSA) is 149 Å². The summed E-state index contributed by atoms with van der Waals surface area (Å²) >= 11 is 0. The highest BCUT2D eigenvalue weighted by Crippen LogP contribution is 2.20. The number of rotatable bonds is 8. The van der Waals surface area contributed by atoms with Gasteiger partial charge in [-0.1, -0.05) is 25.5 Å². The third-order valence-electron chi connectivity index (χ3n) is 4.69. The summed E-state index contributed by atoms with van der Waals surface area (Å²) in [6, 6.07) is 9.70. The van der Waals surface area contributed by atoms with Crippen LogP contribution in [0.3, 0.4) is 0 Å². The molecule has 0 saturated heterocycles. The normalized spacial score (nSPS) is 11.2. The molecule has 0 saturated carbocycles. The fourth-order valence-electron chi connectivity index (χ4n) is 2.98. The molecule has 4 N–H and O–H groups in total. The molecular formula is C21H23FN6O4S. The Morgan fingerprint density at radius 2 is 1.85 bits per heavy atom. The molecule has 3 rings (SSSR count). The minimum Gasteiger partial charge on any atom is -0.368 e. The fourth-order valence-corrected chi connectivity index (χ4v) is 3.99. The Balaban J connectivity index is 1.75. The molecule has 10 nitrogen and oxygen atoms in total. The van der Waals surface area contributed by atoms with Crippen molar-refractivity contribution in [3.8, 4) is 0 Å². The number of benzene rings is 2. The van der Waals surface area contributed by atoms with Crippen molar-refractivity contribution in [1.29, 1.82) is 0 Å². The van der Waals surface area contributed by atoms with Crippen molar-refractivity contribution in [3.05, 3.63) is 59.4 Å². The Kier molecular flexibility index (Phi) is 7.07. The molecule has 1 amide bonds. The number of anilines is 3. The molecule has 174 valence electrons. The third kappa shape index (κ3) is 5.52. The summed E-state index contributed by atoms with van der Waals surface area (Å²) < 4.78 is 41.6. The number of nitrogens with zero attached hydrogens (tertiary/aromatic N) is 3. The number of halogens is 1. The van der Waals surface area contributed by atoms with Crippen molar-refractivity contribution in [2.75, 3.05) is 11.1 Å². The second-order valence-electron chi connectivity index (χ2n) is 7.22. The average molecular weight is 475 g/mol. The van der Waals surface area contributed by atoms with Crippen LogP contribution in [0.2, 0.25) is 0 Å². The Bertz CT molecular complexity index is 1270. The van der Waals surface area contributed by atoms with Crippen molar-refractivity contribution in [2.45, 2.75) is 38.0 Å². The maximum absolute atomic E-state index is 14.1. The van der Waals surface area contributed by atoms with Gasteiger partial charge in [-0.25, -0.2) is 17.5 Å². The summed E-state index contributed by atoms with van der Waals surface area (Å²) in [6.07, 6.45) is 1.48. The molecule has 3 aromatic rings. The van der Waals surface area contributed by atoms with Crippen molar-refractivity contribution in [2.24, 2.45) is 0 Å². The van der Waals surface area contributed by atoms with Gasteiger partial charge in [0.25, 0.3) is 15.9 Å². The van der Waals surface area contributed by atoms with Gasteiger partial charge in [-0.15, -0.1) is 5.10 Å². The van der Waals surface area contributed by atoms with Crippen LogP contribution in [-0.4, -0.2) is 35.0 Å². The zero-order valence-electron chi connectivity index (χ0n) is 18.0. The van der Waals surface area contributed by atoms with Gasteiger partial charge in [0.2, 0.25) is 17.8 Å². The highest BCUT2D eigenvalue weighted by Gasteiger charge is 2.21. The Morgan fingerprint density at radius 1 is 1.15 bits per heavy atom. The maximum atomic E-state index is 14.1. The van der Waals surface area contributed by atoms with Gasteiger partial charge in [0.1, 0.15) is 5.82 Å². The van der Waals surface area contributed by atoms with Gasteiger partial charge >= 0.3 is 0 Å². The van der Waals surface area contributed by atoms with Crippen molar-refractivity contribution in [3.63, 3.8) is 0 Å². The van der Waals surface area contributed by atoms with E-state index in [0.717, 1.165) is 17.2 Å². The lowest BCUT2D eigenvalue weighted by atomic mass is 10.1. The van der Waals surface area contributed by atoms with E-state index in [0.29, 0.717) is 17.7 Å². The second kappa shape index (κ2) is 9.77. The Hall–Kier alpha value is -3.80. The number of hydrogen-bond acceptors (Lipinski definition) is 8. The number of sulfonamides is 1. The van der Waals surface area contributed by atoms with E-state index in [1.165, 1.54) is 30.3 Å². The monoisotopic (exact) mass is 474 g/mol. The lowest BCUT2D eigenvalue weighted by Gasteiger charge is -2.08. The van der Waals surface area contributed by atoms with Crippen LogP contribution >= 0.6 is 0 Å². The summed E-state index contributed by atoms with van der Waals surface area (Å²) in [4.78, 5) is 28.3. The molecule has 0 spiro atoms. The number of nitrogens with two attached hydrogens (primary N) is 1. The van der Waals surface area contributed by atoms with E-state index in [9.17, 15) is 22.4 Å². The van der Waals surface area contributed by atoms with E-state index < -0.39 is 27.7 Å². The number of aromatic nitrogens is 3. The van der Waals surface area contributed by atoms with Crippen LogP contribution in [0, 0.1) is 12.7 Å². The molecule has 0 bridgehead atoms. The van der Waals surface area contributed by atoms with Gasteiger partial charge in [-0.2, -0.15) is 9.67 Å². The lowest BCUT2D eigenvalue weighted by Crippen LogP contribution is -2.30. The summed E-state index contributed by atoms with van der Waals surface area (Å²) in [5.41, 5.74) is 6.43. The highest BCUT2D eigenvalue weighted by molar-refractivity contribution is 7.90. The lowest BCUT2D eigenvalue weighted by molar-refractivity contribution is -0.119. The summed E-state index contributed by atoms with van der Waals surface area (Å²) in [5.74, 6) is -2.34. The standard InChI is InChI=1S/C21H23FN6O4S/c1-3-4-8-17(29)27-33(31,32)15-11-9-14(10-12-15)24-21-25-20(23)28(26-21)19(30)18-13(2)6-5-7-16(18)22/h5-7,9-12H,3-4,8H2,1-2H3,(H,27,29)(H3,23,24,25,26). The molecule has 0 fully saturated rings. The molecule has 1 aromatic heterocycles. The number of nitrogen functional groups attached to an aromatic ring is 1. The van der Waals surface area contributed by atoms with E-state index in [2.05, 4.69) is 15.4 Å². The van der Waals surface area contributed by atoms with Crippen LogP contribution < -0.4 is 15.8 Å². The van der Waals surface area contributed by atoms with Gasteiger partial charge < -0.3 is 11.1 Å². The van der Waals surface area contributed by atoms with Gasteiger partial charge in [-0.05, 0) is 49.2 Å². The predicted octanol–water partition coefficient (Wildman–Crippen LogP) is 2.74. The molecular weight excluding hydrogens is 451 g/mol. The van der Waals surface area contributed by atoms with E-state index in [4.69, 9.17) is 5.73 Å². The van der Waals surface area contributed by atoms with Crippen LogP contribution in [0.4, 0.5) is 22.0 Å². The molecule has 0 aliphatic rings. The summed E-state index contributed by atoms with van der Waals surface area (Å²) in [6.45, 7) is 3.49. The van der Waals surface area contributed by atoms with Crippen LogP contribution in [0.5, 0.6) is 0 Å². The largest absolute Gasteiger partial charge is 0.368 e. The van der Waals surface area contributed by atoms with E-state index in [1.807, 2.05) is 11.6 Å². The first-order valence-corrected chi connectivity index (χ1v) is 11.6. The fraction of sp³-hybridized carbons (Fsp3) is 0.238. The van der Waals surface area contributed by atoms with Gasteiger partial charge in [0, 0.05) is 12.1 Å². The quantitative estimate of drug-likeness (QED) is 0.451. The van der Waals surface area contributed by atoms with Crippen LogP contribution in [-0.2, 0) is 14.8 Å².